The topological polar surface area (TPSA) is 55.8 Å². The first-order valence-corrected chi connectivity index (χ1v) is 8.30. The number of amides is 1. The van der Waals surface area contributed by atoms with E-state index in [9.17, 15) is 9.59 Å². The van der Waals surface area contributed by atoms with Crippen LogP contribution in [0, 0.1) is 0 Å². The average Bonchev–Trinajstić information content (AvgIpc) is 2.54. The minimum absolute atomic E-state index is 0.168. The van der Waals surface area contributed by atoms with Crippen LogP contribution < -0.4 is 4.90 Å². The van der Waals surface area contributed by atoms with E-state index in [1.807, 2.05) is 30.3 Å². The molecule has 0 fully saturated rings. The second-order valence-corrected chi connectivity index (χ2v) is 5.21. The molecule has 1 aromatic carbocycles. The summed E-state index contributed by atoms with van der Waals surface area (Å²) in [4.78, 5) is 26.0. The van der Waals surface area contributed by atoms with Crippen LogP contribution in [0.3, 0.4) is 0 Å². The Morgan fingerprint density at radius 3 is 2.26 bits per heavy atom. The van der Waals surface area contributed by atoms with Crippen LogP contribution in [0.15, 0.2) is 30.3 Å². The van der Waals surface area contributed by atoms with E-state index in [1.165, 1.54) is 0 Å². The van der Waals surface area contributed by atoms with Crippen molar-refractivity contribution in [3.8, 4) is 0 Å². The van der Waals surface area contributed by atoms with Crippen molar-refractivity contribution in [2.24, 2.45) is 0 Å². The molecule has 1 rings (SSSR count). The number of esters is 1. The molecule has 0 saturated carbocycles. The van der Waals surface area contributed by atoms with Gasteiger partial charge in [0.05, 0.1) is 25.7 Å². The molecule has 0 aliphatic carbocycles. The van der Waals surface area contributed by atoms with Crippen LogP contribution in [0.5, 0.6) is 0 Å². The molecule has 128 valence electrons. The van der Waals surface area contributed by atoms with Gasteiger partial charge in [-0.1, -0.05) is 38.0 Å². The monoisotopic (exact) mass is 321 g/mol. The molecule has 0 aliphatic heterocycles. The molecule has 0 N–H and O–H groups in total. The fourth-order valence-electron chi connectivity index (χ4n) is 2.42. The van der Waals surface area contributed by atoms with E-state index >= 15 is 0 Å². The Kier molecular flexibility index (Phi) is 8.80. The first kappa shape index (κ1) is 19.0. The molecule has 0 heterocycles. The molecule has 1 aromatic rings. The van der Waals surface area contributed by atoms with E-state index in [-0.39, 0.29) is 18.4 Å². The summed E-state index contributed by atoms with van der Waals surface area (Å²) in [5.74, 6) is -0.293. The van der Waals surface area contributed by atoms with Crippen molar-refractivity contribution in [2.45, 2.75) is 52.5 Å². The maximum Gasteiger partial charge on any atom is 0.414 e. The highest BCUT2D eigenvalue weighted by Gasteiger charge is 2.28. The van der Waals surface area contributed by atoms with Gasteiger partial charge in [0, 0.05) is 5.69 Å². The summed E-state index contributed by atoms with van der Waals surface area (Å²) in [6.07, 6.45) is 2.38. The number of carbonyl (C=O) groups excluding carboxylic acids is 2. The molecular weight excluding hydrogens is 294 g/mol. The number of hydrogen-bond donors (Lipinski definition) is 0. The van der Waals surface area contributed by atoms with Crippen LogP contribution >= 0.6 is 0 Å². The van der Waals surface area contributed by atoms with Crippen molar-refractivity contribution < 1.29 is 19.1 Å². The molecule has 0 saturated heterocycles. The minimum Gasteiger partial charge on any atom is -0.466 e. The molecule has 0 bridgehead atoms. The van der Waals surface area contributed by atoms with Crippen molar-refractivity contribution in [3.05, 3.63) is 30.3 Å². The zero-order valence-electron chi connectivity index (χ0n) is 14.3. The SMILES string of the molecule is CCCCC(CC(=O)OCC)N(C(=O)OCC)c1ccccc1. The van der Waals surface area contributed by atoms with Gasteiger partial charge in [0.2, 0.25) is 0 Å². The summed E-state index contributed by atoms with van der Waals surface area (Å²) in [6, 6.07) is 9.04. The first-order chi connectivity index (χ1) is 11.1. The zero-order chi connectivity index (χ0) is 17.1. The number of benzene rings is 1. The number of nitrogens with zero attached hydrogens (tertiary/aromatic N) is 1. The highest BCUT2D eigenvalue weighted by Crippen LogP contribution is 2.23. The Morgan fingerprint density at radius 1 is 1.04 bits per heavy atom. The van der Waals surface area contributed by atoms with Crippen LogP contribution in [0.2, 0.25) is 0 Å². The summed E-state index contributed by atoms with van der Waals surface area (Å²) in [5, 5.41) is 0. The van der Waals surface area contributed by atoms with Gasteiger partial charge in [0.1, 0.15) is 0 Å². The highest BCUT2D eigenvalue weighted by atomic mass is 16.6. The molecular formula is C18H27NO4. The summed E-state index contributed by atoms with van der Waals surface area (Å²) < 4.78 is 10.3. The van der Waals surface area contributed by atoms with Crippen LogP contribution in [-0.2, 0) is 14.3 Å². The molecule has 23 heavy (non-hydrogen) atoms. The number of unbranched alkanes of at least 4 members (excludes halogenated alkanes) is 1. The van der Waals surface area contributed by atoms with Gasteiger partial charge in [-0.3, -0.25) is 9.69 Å². The fourth-order valence-corrected chi connectivity index (χ4v) is 2.42. The standard InChI is InChI=1S/C18H27NO4/c1-4-7-11-16(14-17(20)22-5-2)19(18(21)23-6-3)15-12-9-8-10-13-15/h8-10,12-13,16H,4-7,11,14H2,1-3H3. The molecule has 5 nitrogen and oxygen atoms in total. The predicted octanol–water partition coefficient (Wildman–Crippen LogP) is 4.16. The quantitative estimate of drug-likeness (QED) is 0.641. The van der Waals surface area contributed by atoms with Gasteiger partial charge in [-0.05, 0) is 32.4 Å². The van der Waals surface area contributed by atoms with Crippen molar-refractivity contribution in [1.82, 2.24) is 0 Å². The molecule has 0 aliphatic rings. The van der Waals surface area contributed by atoms with E-state index in [1.54, 1.807) is 18.7 Å². The third kappa shape index (κ3) is 6.30. The predicted molar refractivity (Wildman–Crippen MR) is 90.5 cm³/mol. The molecule has 1 amide bonds. The Hall–Kier alpha value is -2.04. The van der Waals surface area contributed by atoms with Crippen molar-refractivity contribution in [3.63, 3.8) is 0 Å². The minimum atomic E-state index is -0.427. The Bertz CT molecular complexity index is 475. The van der Waals surface area contributed by atoms with E-state index in [0.717, 1.165) is 24.9 Å². The summed E-state index contributed by atoms with van der Waals surface area (Å²) in [5.41, 5.74) is 0.733. The van der Waals surface area contributed by atoms with Gasteiger partial charge in [-0.2, -0.15) is 0 Å². The van der Waals surface area contributed by atoms with Crippen molar-refractivity contribution >= 4 is 17.7 Å². The lowest BCUT2D eigenvalue weighted by atomic mass is 10.0. The van der Waals surface area contributed by atoms with Gasteiger partial charge in [0.25, 0.3) is 0 Å². The number of para-hydroxylation sites is 1. The third-order valence-corrected chi connectivity index (χ3v) is 3.46. The number of rotatable bonds is 9. The first-order valence-electron chi connectivity index (χ1n) is 8.30. The van der Waals surface area contributed by atoms with Crippen molar-refractivity contribution in [1.29, 1.82) is 0 Å². The molecule has 0 aromatic heterocycles. The van der Waals surface area contributed by atoms with Gasteiger partial charge in [0.15, 0.2) is 0 Å². The normalized spacial score (nSPS) is 11.6. The van der Waals surface area contributed by atoms with E-state index < -0.39 is 6.09 Å². The average molecular weight is 321 g/mol. The maximum atomic E-state index is 12.4. The molecule has 0 radical (unpaired) electrons. The highest BCUT2D eigenvalue weighted by molar-refractivity contribution is 5.89. The second kappa shape index (κ2) is 10.6. The molecule has 0 spiro atoms. The zero-order valence-corrected chi connectivity index (χ0v) is 14.3. The lowest BCUT2D eigenvalue weighted by Gasteiger charge is -2.30. The van der Waals surface area contributed by atoms with Crippen LogP contribution in [0.25, 0.3) is 0 Å². The lowest BCUT2D eigenvalue weighted by Crippen LogP contribution is -2.42. The van der Waals surface area contributed by atoms with Crippen LogP contribution in [-0.4, -0.2) is 31.3 Å². The van der Waals surface area contributed by atoms with E-state index in [0.29, 0.717) is 13.2 Å². The number of ether oxygens (including phenoxy) is 2. The molecule has 1 atom stereocenters. The number of anilines is 1. The fraction of sp³-hybridized carbons (Fsp3) is 0.556. The number of hydrogen-bond acceptors (Lipinski definition) is 4. The maximum absolute atomic E-state index is 12.4. The van der Waals surface area contributed by atoms with Gasteiger partial charge in [-0.25, -0.2) is 4.79 Å². The number of carbonyl (C=O) groups is 2. The van der Waals surface area contributed by atoms with Crippen molar-refractivity contribution in [2.75, 3.05) is 18.1 Å². The summed E-state index contributed by atoms with van der Waals surface area (Å²) in [6.45, 7) is 6.26. The second-order valence-electron chi connectivity index (χ2n) is 5.21. The summed E-state index contributed by atoms with van der Waals surface area (Å²) >= 11 is 0. The molecule has 5 heteroatoms. The van der Waals surface area contributed by atoms with E-state index in [2.05, 4.69) is 6.92 Å². The van der Waals surface area contributed by atoms with Gasteiger partial charge < -0.3 is 9.47 Å². The van der Waals surface area contributed by atoms with Crippen LogP contribution in [0.1, 0.15) is 46.5 Å². The largest absolute Gasteiger partial charge is 0.466 e. The van der Waals surface area contributed by atoms with Gasteiger partial charge in [-0.15, -0.1) is 0 Å². The van der Waals surface area contributed by atoms with E-state index in [4.69, 9.17) is 9.47 Å². The Morgan fingerprint density at radius 2 is 1.70 bits per heavy atom. The molecule has 1 unspecified atom stereocenters. The third-order valence-electron chi connectivity index (χ3n) is 3.46. The van der Waals surface area contributed by atoms with Crippen LogP contribution in [0.4, 0.5) is 10.5 Å². The van der Waals surface area contributed by atoms with Gasteiger partial charge >= 0.3 is 12.1 Å². The smallest absolute Gasteiger partial charge is 0.414 e. The Labute approximate surface area is 138 Å². The summed E-state index contributed by atoms with van der Waals surface area (Å²) in [7, 11) is 0. The lowest BCUT2D eigenvalue weighted by molar-refractivity contribution is -0.143. The Balaban J connectivity index is 3.04.